The molecule has 11 aromatic carbocycles. The highest BCUT2D eigenvalue weighted by Crippen LogP contribution is 2.47. The second kappa shape index (κ2) is 12.5. The molecule has 12 rings (SSSR count). The van der Waals surface area contributed by atoms with Gasteiger partial charge in [-0.2, -0.15) is 0 Å². The molecule has 57 heavy (non-hydrogen) atoms. The lowest BCUT2D eigenvalue weighted by molar-refractivity contribution is 1.19. The predicted octanol–water partition coefficient (Wildman–Crippen LogP) is 15.6. The zero-order valence-electron chi connectivity index (χ0n) is 31.2. The topological polar surface area (TPSA) is 4.93 Å². The Hall–Kier alpha value is -7.48. The number of benzene rings is 11. The van der Waals surface area contributed by atoms with Gasteiger partial charge >= 0.3 is 0 Å². The van der Waals surface area contributed by atoms with E-state index in [0.717, 1.165) is 0 Å². The maximum absolute atomic E-state index is 2.46. The predicted molar refractivity (Wildman–Crippen MR) is 245 cm³/mol. The van der Waals surface area contributed by atoms with Crippen LogP contribution in [0.5, 0.6) is 0 Å². The van der Waals surface area contributed by atoms with Crippen LogP contribution in [-0.2, 0) is 0 Å². The van der Waals surface area contributed by atoms with Gasteiger partial charge in [0.25, 0.3) is 0 Å². The smallest absolute Gasteiger partial charge is 0.0541 e. The third kappa shape index (κ3) is 4.89. The second-order valence-electron chi connectivity index (χ2n) is 15.2. The Labute approximate surface area is 330 Å². The lowest BCUT2D eigenvalue weighted by Gasteiger charge is -2.20. The van der Waals surface area contributed by atoms with Crippen LogP contribution in [0.4, 0.5) is 0 Å². The Morgan fingerprint density at radius 3 is 1.35 bits per heavy atom. The van der Waals surface area contributed by atoms with Crippen LogP contribution in [0.2, 0.25) is 0 Å². The van der Waals surface area contributed by atoms with Crippen LogP contribution in [0, 0.1) is 0 Å². The first-order valence-electron chi connectivity index (χ1n) is 19.8. The fourth-order valence-corrected chi connectivity index (χ4v) is 9.61. The Morgan fingerprint density at radius 2 is 0.684 bits per heavy atom. The molecule has 0 N–H and O–H groups in total. The fraction of sp³-hybridized carbons (Fsp3) is 0. The van der Waals surface area contributed by atoms with E-state index < -0.39 is 0 Å². The van der Waals surface area contributed by atoms with Crippen LogP contribution in [0.1, 0.15) is 0 Å². The minimum atomic E-state index is 1.17. The molecule has 0 amide bonds. The summed E-state index contributed by atoms with van der Waals surface area (Å²) in [5.41, 5.74) is 11.1. The summed E-state index contributed by atoms with van der Waals surface area (Å²) in [5.74, 6) is 0. The van der Waals surface area contributed by atoms with Crippen molar-refractivity contribution in [2.45, 2.75) is 0 Å². The van der Waals surface area contributed by atoms with Gasteiger partial charge < -0.3 is 4.57 Å². The number of para-hydroxylation sites is 2. The van der Waals surface area contributed by atoms with Crippen LogP contribution < -0.4 is 0 Å². The highest BCUT2D eigenvalue weighted by Gasteiger charge is 2.19. The lowest BCUT2D eigenvalue weighted by Crippen LogP contribution is -1.94. The first kappa shape index (κ1) is 31.8. The molecule has 0 fully saturated rings. The summed E-state index contributed by atoms with van der Waals surface area (Å²) in [4.78, 5) is 0. The third-order valence-electron chi connectivity index (χ3n) is 12.1. The quantitative estimate of drug-likeness (QED) is 0.160. The van der Waals surface area contributed by atoms with E-state index in [1.165, 1.54) is 115 Å². The van der Waals surface area contributed by atoms with Gasteiger partial charge in [0.1, 0.15) is 0 Å². The van der Waals surface area contributed by atoms with Crippen LogP contribution in [0.3, 0.4) is 0 Å². The van der Waals surface area contributed by atoms with Crippen LogP contribution >= 0.6 is 0 Å². The highest BCUT2D eigenvalue weighted by molar-refractivity contribution is 6.23. The van der Waals surface area contributed by atoms with Crippen molar-refractivity contribution in [2.75, 3.05) is 0 Å². The fourth-order valence-electron chi connectivity index (χ4n) is 9.61. The van der Waals surface area contributed by atoms with Crippen molar-refractivity contribution >= 4 is 75.7 Å². The zero-order chi connectivity index (χ0) is 37.5. The van der Waals surface area contributed by atoms with Gasteiger partial charge in [-0.25, -0.2) is 0 Å². The van der Waals surface area contributed by atoms with Crippen LogP contribution in [0.15, 0.2) is 212 Å². The molecule has 0 aliphatic rings. The second-order valence-corrected chi connectivity index (χ2v) is 15.2. The molecule has 0 aliphatic carbocycles. The van der Waals surface area contributed by atoms with Crippen molar-refractivity contribution in [1.29, 1.82) is 0 Å². The minimum Gasteiger partial charge on any atom is -0.309 e. The van der Waals surface area contributed by atoms with Crippen LogP contribution in [-0.4, -0.2) is 4.57 Å². The molecule has 0 bridgehead atoms. The van der Waals surface area contributed by atoms with Crippen LogP contribution in [0.25, 0.3) is 115 Å². The first-order chi connectivity index (χ1) is 28.3. The van der Waals surface area contributed by atoms with Crippen molar-refractivity contribution in [1.82, 2.24) is 4.57 Å². The monoisotopic (exact) mass is 721 g/mol. The van der Waals surface area contributed by atoms with E-state index in [4.69, 9.17) is 0 Å². The molecular weight excluding hydrogens is 687 g/mol. The summed E-state index contributed by atoms with van der Waals surface area (Å²) in [6, 6.07) is 78.4. The largest absolute Gasteiger partial charge is 0.309 e. The van der Waals surface area contributed by atoms with Gasteiger partial charge in [-0.1, -0.05) is 170 Å². The summed E-state index contributed by atoms with van der Waals surface area (Å²) in [5, 5.41) is 15.1. The number of aromatic nitrogens is 1. The van der Waals surface area contributed by atoms with Gasteiger partial charge in [0.05, 0.1) is 11.0 Å². The molecule has 1 heterocycles. The Balaban J connectivity index is 1.11. The molecule has 0 radical (unpaired) electrons. The Bertz CT molecular complexity index is 3460. The number of hydrogen-bond donors (Lipinski definition) is 0. The standard InChI is InChI=1S/C56H35N/c1-2-14-36(15-3-1)54-48-22-8-9-23-49(48)56(50-31-29-42(35-51(50)54)55-44-18-6-4-16-39(44)33-40-17-5-7-19-45(40)55)41-27-26-38-34-43(30-28-37(38)32-41)57-52-24-12-10-20-46(52)47-21-11-13-25-53(47)57/h1-35H. The summed E-state index contributed by atoms with van der Waals surface area (Å²) in [6.45, 7) is 0. The van der Waals surface area contributed by atoms with Crippen molar-refractivity contribution in [3.8, 4) is 39.1 Å². The van der Waals surface area contributed by atoms with E-state index in [2.05, 4.69) is 217 Å². The molecule has 0 unspecified atom stereocenters. The van der Waals surface area contributed by atoms with Crippen molar-refractivity contribution in [2.24, 2.45) is 0 Å². The molecule has 0 spiro atoms. The van der Waals surface area contributed by atoms with E-state index in [9.17, 15) is 0 Å². The maximum atomic E-state index is 2.46. The Morgan fingerprint density at radius 1 is 0.228 bits per heavy atom. The van der Waals surface area contributed by atoms with E-state index >= 15 is 0 Å². The van der Waals surface area contributed by atoms with Gasteiger partial charge in [-0.05, 0) is 130 Å². The van der Waals surface area contributed by atoms with Gasteiger partial charge in [-0.3, -0.25) is 0 Å². The first-order valence-corrected chi connectivity index (χ1v) is 19.8. The summed E-state index contributed by atoms with van der Waals surface area (Å²) in [6.07, 6.45) is 0. The third-order valence-corrected chi connectivity index (χ3v) is 12.1. The normalized spacial score (nSPS) is 11.9. The van der Waals surface area contributed by atoms with E-state index in [1.54, 1.807) is 0 Å². The molecule has 0 aliphatic heterocycles. The number of rotatable bonds is 4. The molecule has 264 valence electrons. The van der Waals surface area contributed by atoms with E-state index in [-0.39, 0.29) is 0 Å². The molecular formula is C56H35N. The molecule has 1 nitrogen and oxygen atoms in total. The number of hydrogen-bond acceptors (Lipinski definition) is 0. The SMILES string of the molecule is c1ccc(-c2c3ccccc3c(-c3ccc4cc(-n5c6ccccc6c6ccccc65)ccc4c3)c3ccc(-c4c5ccccc5cc5ccccc45)cc23)cc1. The van der Waals surface area contributed by atoms with E-state index in [1.807, 2.05) is 0 Å². The summed E-state index contributed by atoms with van der Waals surface area (Å²) >= 11 is 0. The van der Waals surface area contributed by atoms with Gasteiger partial charge in [0.2, 0.25) is 0 Å². The van der Waals surface area contributed by atoms with Gasteiger partial charge in [-0.15, -0.1) is 0 Å². The van der Waals surface area contributed by atoms with Gasteiger partial charge in [0.15, 0.2) is 0 Å². The maximum Gasteiger partial charge on any atom is 0.0541 e. The molecule has 0 atom stereocenters. The lowest BCUT2D eigenvalue weighted by atomic mass is 9.83. The highest BCUT2D eigenvalue weighted by atomic mass is 15.0. The Kier molecular flexibility index (Phi) is 7.00. The summed E-state index contributed by atoms with van der Waals surface area (Å²) < 4.78 is 2.40. The average Bonchev–Trinajstić information content (AvgIpc) is 3.61. The minimum absolute atomic E-state index is 1.17. The van der Waals surface area contributed by atoms with Crippen molar-refractivity contribution < 1.29 is 0 Å². The summed E-state index contributed by atoms with van der Waals surface area (Å²) in [7, 11) is 0. The van der Waals surface area contributed by atoms with Crippen molar-refractivity contribution in [3.63, 3.8) is 0 Å². The molecule has 0 saturated carbocycles. The zero-order valence-corrected chi connectivity index (χ0v) is 31.2. The number of fused-ring (bicyclic) bond motifs is 8. The average molecular weight is 722 g/mol. The van der Waals surface area contributed by atoms with E-state index in [0.29, 0.717) is 0 Å². The van der Waals surface area contributed by atoms with Crippen molar-refractivity contribution in [3.05, 3.63) is 212 Å². The molecule has 1 aromatic heterocycles. The molecule has 0 saturated heterocycles. The molecule has 12 aromatic rings. The van der Waals surface area contributed by atoms with Gasteiger partial charge in [0, 0.05) is 16.5 Å². The number of nitrogens with zero attached hydrogens (tertiary/aromatic N) is 1. The molecule has 1 heteroatoms.